The van der Waals surface area contributed by atoms with Gasteiger partial charge in [0.15, 0.2) is 0 Å². The SMILES string of the molecule is Cn1nc(-c2c[nH]c3ccccc23)cc1CC(=O)O. The normalized spacial score (nSPS) is 11.0. The molecule has 2 heterocycles. The van der Waals surface area contributed by atoms with Crippen molar-refractivity contribution >= 4 is 16.9 Å². The van der Waals surface area contributed by atoms with Crippen LogP contribution in [0.4, 0.5) is 0 Å². The summed E-state index contributed by atoms with van der Waals surface area (Å²) < 4.78 is 1.62. The molecule has 0 aliphatic rings. The zero-order chi connectivity index (χ0) is 13.4. The van der Waals surface area contributed by atoms with Gasteiger partial charge >= 0.3 is 5.97 Å². The van der Waals surface area contributed by atoms with Crippen molar-refractivity contribution in [3.05, 3.63) is 42.2 Å². The number of H-pyrrole nitrogens is 1. The van der Waals surface area contributed by atoms with Crippen LogP contribution >= 0.6 is 0 Å². The highest BCUT2D eigenvalue weighted by Crippen LogP contribution is 2.27. The number of aryl methyl sites for hydroxylation is 1. The third kappa shape index (κ3) is 1.99. The summed E-state index contributed by atoms with van der Waals surface area (Å²) in [6, 6.07) is 9.79. The van der Waals surface area contributed by atoms with E-state index in [1.165, 1.54) is 0 Å². The average Bonchev–Trinajstić information content (AvgIpc) is 2.93. The fourth-order valence-corrected chi connectivity index (χ4v) is 2.24. The number of rotatable bonds is 3. The molecule has 0 atom stereocenters. The van der Waals surface area contributed by atoms with Crippen molar-refractivity contribution in [1.82, 2.24) is 14.8 Å². The van der Waals surface area contributed by atoms with Gasteiger partial charge in [-0.1, -0.05) is 18.2 Å². The zero-order valence-corrected chi connectivity index (χ0v) is 10.4. The van der Waals surface area contributed by atoms with E-state index in [2.05, 4.69) is 10.1 Å². The van der Waals surface area contributed by atoms with E-state index in [1.807, 2.05) is 36.5 Å². The Morgan fingerprint density at radius 1 is 1.42 bits per heavy atom. The Labute approximate surface area is 109 Å². The first-order chi connectivity index (χ1) is 9.15. The molecule has 0 saturated heterocycles. The highest BCUT2D eigenvalue weighted by molar-refractivity contribution is 5.94. The molecule has 3 rings (SSSR count). The Morgan fingerprint density at radius 3 is 3.00 bits per heavy atom. The van der Waals surface area contributed by atoms with Crippen molar-refractivity contribution in [2.24, 2.45) is 7.05 Å². The lowest BCUT2D eigenvalue weighted by Gasteiger charge is -1.95. The summed E-state index contributed by atoms with van der Waals surface area (Å²) in [7, 11) is 1.76. The predicted molar refractivity (Wildman–Crippen MR) is 71.8 cm³/mol. The second-order valence-corrected chi connectivity index (χ2v) is 4.46. The van der Waals surface area contributed by atoms with Crippen LogP contribution in [-0.4, -0.2) is 25.8 Å². The molecule has 0 spiro atoms. The van der Waals surface area contributed by atoms with Crippen LogP contribution in [0.3, 0.4) is 0 Å². The van der Waals surface area contributed by atoms with Crippen LogP contribution in [0.25, 0.3) is 22.2 Å². The Hall–Kier alpha value is -2.56. The number of hydrogen-bond donors (Lipinski definition) is 2. The van der Waals surface area contributed by atoms with E-state index in [0.717, 1.165) is 22.2 Å². The van der Waals surface area contributed by atoms with Crippen molar-refractivity contribution < 1.29 is 9.90 Å². The van der Waals surface area contributed by atoms with Crippen molar-refractivity contribution in [1.29, 1.82) is 0 Å². The van der Waals surface area contributed by atoms with Crippen LogP contribution in [0.2, 0.25) is 0 Å². The molecule has 0 radical (unpaired) electrons. The largest absolute Gasteiger partial charge is 0.481 e. The topological polar surface area (TPSA) is 70.9 Å². The fourth-order valence-electron chi connectivity index (χ4n) is 2.24. The first-order valence-electron chi connectivity index (χ1n) is 5.96. The molecule has 0 aliphatic carbocycles. The highest BCUT2D eigenvalue weighted by Gasteiger charge is 2.13. The van der Waals surface area contributed by atoms with Crippen LogP contribution in [0.5, 0.6) is 0 Å². The first kappa shape index (κ1) is 11.5. The van der Waals surface area contributed by atoms with Gasteiger partial charge in [0.25, 0.3) is 0 Å². The van der Waals surface area contributed by atoms with Gasteiger partial charge in [0.2, 0.25) is 0 Å². The molecule has 5 nitrogen and oxygen atoms in total. The number of aromatic nitrogens is 3. The molecule has 0 fully saturated rings. The minimum Gasteiger partial charge on any atom is -0.481 e. The molecule has 5 heteroatoms. The maximum atomic E-state index is 10.8. The van der Waals surface area contributed by atoms with E-state index in [9.17, 15) is 4.79 Å². The second-order valence-electron chi connectivity index (χ2n) is 4.46. The Morgan fingerprint density at radius 2 is 2.21 bits per heavy atom. The molecule has 1 aromatic carbocycles. The van der Waals surface area contributed by atoms with Gasteiger partial charge in [-0.25, -0.2) is 0 Å². The van der Waals surface area contributed by atoms with Crippen LogP contribution in [0, 0.1) is 0 Å². The smallest absolute Gasteiger partial charge is 0.309 e. The van der Waals surface area contributed by atoms with Gasteiger partial charge in [-0.05, 0) is 12.1 Å². The van der Waals surface area contributed by atoms with Gasteiger partial charge in [-0.3, -0.25) is 9.48 Å². The van der Waals surface area contributed by atoms with Crippen LogP contribution in [-0.2, 0) is 18.3 Å². The summed E-state index contributed by atoms with van der Waals surface area (Å²) in [5.74, 6) is -0.853. The van der Waals surface area contributed by atoms with Crippen molar-refractivity contribution in [3.8, 4) is 11.3 Å². The van der Waals surface area contributed by atoms with E-state index in [1.54, 1.807) is 11.7 Å². The number of nitrogens with zero attached hydrogens (tertiary/aromatic N) is 2. The summed E-state index contributed by atoms with van der Waals surface area (Å²) in [6.07, 6.45) is 1.88. The summed E-state index contributed by atoms with van der Waals surface area (Å²) in [5, 5.41) is 14.3. The van der Waals surface area contributed by atoms with Gasteiger partial charge in [0, 0.05) is 35.4 Å². The average molecular weight is 255 g/mol. The van der Waals surface area contributed by atoms with Crippen LogP contribution in [0.1, 0.15) is 5.69 Å². The van der Waals surface area contributed by atoms with E-state index < -0.39 is 5.97 Å². The molecule has 0 unspecified atom stereocenters. The number of hydrogen-bond acceptors (Lipinski definition) is 2. The molecule has 2 N–H and O–H groups in total. The Bertz CT molecular complexity index is 755. The highest BCUT2D eigenvalue weighted by atomic mass is 16.4. The molecule has 0 amide bonds. The quantitative estimate of drug-likeness (QED) is 0.753. The molecule has 0 bridgehead atoms. The number of aliphatic carboxylic acids is 1. The molecule has 19 heavy (non-hydrogen) atoms. The maximum Gasteiger partial charge on any atom is 0.309 e. The van der Waals surface area contributed by atoms with Crippen LogP contribution in [0.15, 0.2) is 36.5 Å². The van der Waals surface area contributed by atoms with E-state index in [0.29, 0.717) is 5.69 Å². The fraction of sp³-hybridized carbons (Fsp3) is 0.143. The third-order valence-corrected chi connectivity index (χ3v) is 3.17. The van der Waals surface area contributed by atoms with E-state index in [4.69, 9.17) is 5.11 Å². The summed E-state index contributed by atoms with van der Waals surface area (Å²) in [4.78, 5) is 14.0. The molecule has 2 aromatic heterocycles. The number of benzene rings is 1. The number of fused-ring (bicyclic) bond motifs is 1. The maximum absolute atomic E-state index is 10.8. The van der Waals surface area contributed by atoms with E-state index in [-0.39, 0.29) is 6.42 Å². The second kappa shape index (κ2) is 4.28. The lowest BCUT2D eigenvalue weighted by atomic mass is 10.1. The van der Waals surface area contributed by atoms with Gasteiger partial charge < -0.3 is 10.1 Å². The summed E-state index contributed by atoms with van der Waals surface area (Å²) in [6.45, 7) is 0. The standard InChI is InChI=1S/C14H13N3O2/c1-17-9(7-14(18)19)6-13(16-17)11-8-15-12-5-3-2-4-10(11)12/h2-6,8,15H,7H2,1H3,(H,18,19). The number of nitrogens with one attached hydrogen (secondary N) is 1. The number of carboxylic acids is 1. The molecular formula is C14H13N3O2. The van der Waals surface area contributed by atoms with Crippen molar-refractivity contribution in [2.45, 2.75) is 6.42 Å². The predicted octanol–water partition coefficient (Wildman–Crippen LogP) is 2.20. The number of carboxylic acid groups (broad SMARTS) is 1. The number of carbonyl (C=O) groups is 1. The lowest BCUT2D eigenvalue weighted by Crippen LogP contribution is -2.05. The Kier molecular flexibility index (Phi) is 2.59. The van der Waals surface area contributed by atoms with Gasteiger partial charge in [-0.15, -0.1) is 0 Å². The summed E-state index contributed by atoms with van der Waals surface area (Å²) >= 11 is 0. The molecule has 3 aromatic rings. The van der Waals surface area contributed by atoms with Gasteiger partial charge in [0.05, 0.1) is 12.1 Å². The molecular weight excluding hydrogens is 242 g/mol. The first-order valence-corrected chi connectivity index (χ1v) is 5.96. The molecule has 0 saturated carbocycles. The Balaban J connectivity index is 2.09. The minimum absolute atomic E-state index is 0.0220. The van der Waals surface area contributed by atoms with Gasteiger partial charge in [-0.2, -0.15) is 5.10 Å². The molecule has 96 valence electrons. The zero-order valence-electron chi connectivity index (χ0n) is 10.4. The van der Waals surface area contributed by atoms with Gasteiger partial charge in [0.1, 0.15) is 0 Å². The summed E-state index contributed by atoms with van der Waals surface area (Å²) in [5.41, 5.74) is 3.51. The molecule has 0 aliphatic heterocycles. The van der Waals surface area contributed by atoms with E-state index >= 15 is 0 Å². The third-order valence-electron chi connectivity index (χ3n) is 3.17. The lowest BCUT2D eigenvalue weighted by molar-refractivity contribution is -0.136. The van der Waals surface area contributed by atoms with Crippen molar-refractivity contribution in [3.63, 3.8) is 0 Å². The monoisotopic (exact) mass is 255 g/mol. The minimum atomic E-state index is -0.853. The van der Waals surface area contributed by atoms with Crippen LogP contribution < -0.4 is 0 Å². The van der Waals surface area contributed by atoms with Crippen molar-refractivity contribution in [2.75, 3.05) is 0 Å². The number of para-hydroxylation sites is 1. The number of aromatic amines is 1.